The molecule has 1 N–H and O–H groups in total. The number of methoxy groups -OCH3 is 1. The van der Waals surface area contributed by atoms with Gasteiger partial charge in [0.15, 0.2) is 0 Å². The Morgan fingerprint density at radius 2 is 2.54 bits per heavy atom. The van der Waals surface area contributed by atoms with Crippen LogP contribution >= 0.6 is 0 Å². The lowest BCUT2D eigenvalue weighted by atomic mass is 10.4. The molecule has 72 valence electrons. The highest BCUT2D eigenvalue weighted by atomic mass is 16.7. The van der Waals surface area contributed by atoms with Gasteiger partial charge in [0.05, 0.1) is 7.11 Å². The molecule has 0 aromatic carbocycles. The molecule has 0 atom stereocenters. The number of carboxylic acid groups (broad SMARTS) is 1. The lowest BCUT2D eigenvalue weighted by molar-refractivity contribution is -0.191. The van der Waals surface area contributed by atoms with Gasteiger partial charge in [0, 0.05) is 6.08 Å². The Kier molecular flexibility index (Phi) is 2.86. The number of nitrogens with zero attached hydrogens (tertiary/aromatic N) is 1. The Morgan fingerprint density at radius 1 is 1.85 bits per heavy atom. The molecule has 6 nitrogen and oxygen atoms in total. The molecule has 6 heteroatoms. The molecule has 0 spiro atoms. The summed E-state index contributed by atoms with van der Waals surface area (Å²) in [6.45, 7) is -0.387. The number of rotatable bonds is 3. The van der Waals surface area contributed by atoms with Gasteiger partial charge in [0.1, 0.15) is 18.9 Å². The highest BCUT2D eigenvalue weighted by Gasteiger charge is 2.21. The number of carbonyl (C=O) groups is 2. The molecule has 1 rings (SSSR count). The number of hydrogen-bond donors (Lipinski definition) is 1. The fourth-order valence-electron chi connectivity index (χ4n) is 0.821. The highest BCUT2D eigenvalue weighted by molar-refractivity contribution is 5.90. The van der Waals surface area contributed by atoms with Gasteiger partial charge in [-0.3, -0.25) is 14.4 Å². The maximum absolute atomic E-state index is 11.1. The predicted octanol–water partition coefficient (Wildman–Crippen LogP) is -0.625. The first-order valence-electron chi connectivity index (χ1n) is 3.54. The van der Waals surface area contributed by atoms with Crippen LogP contribution in [-0.4, -0.2) is 42.3 Å². The fourth-order valence-corrected chi connectivity index (χ4v) is 0.821. The molecule has 0 saturated heterocycles. The van der Waals surface area contributed by atoms with E-state index in [0.717, 1.165) is 5.06 Å². The molecule has 0 aliphatic carbocycles. The van der Waals surface area contributed by atoms with Crippen LogP contribution in [0.25, 0.3) is 0 Å². The third kappa shape index (κ3) is 2.45. The quantitative estimate of drug-likeness (QED) is 0.636. The van der Waals surface area contributed by atoms with E-state index in [1.165, 1.54) is 13.2 Å². The van der Waals surface area contributed by atoms with Crippen molar-refractivity contribution in [3.8, 4) is 0 Å². The molecule has 0 bridgehead atoms. The molecule has 13 heavy (non-hydrogen) atoms. The van der Waals surface area contributed by atoms with Crippen molar-refractivity contribution >= 4 is 11.9 Å². The Bertz CT molecular complexity index is 260. The average Bonchev–Trinajstić information content (AvgIpc) is 2.08. The first-order chi connectivity index (χ1) is 6.13. The van der Waals surface area contributed by atoms with Crippen molar-refractivity contribution in [2.45, 2.75) is 0 Å². The van der Waals surface area contributed by atoms with Crippen molar-refractivity contribution in [3.63, 3.8) is 0 Å². The maximum Gasteiger partial charge on any atom is 0.325 e. The van der Waals surface area contributed by atoms with Gasteiger partial charge < -0.3 is 9.84 Å². The van der Waals surface area contributed by atoms with E-state index in [-0.39, 0.29) is 6.61 Å². The van der Waals surface area contributed by atoms with Crippen LogP contribution in [0.2, 0.25) is 0 Å². The fraction of sp³-hybridized carbons (Fsp3) is 0.429. The van der Waals surface area contributed by atoms with Crippen molar-refractivity contribution in [2.75, 3.05) is 20.3 Å². The largest absolute Gasteiger partial charge is 0.498 e. The van der Waals surface area contributed by atoms with Gasteiger partial charge in [-0.15, -0.1) is 0 Å². The molecule has 1 heterocycles. The summed E-state index contributed by atoms with van der Waals surface area (Å²) < 4.78 is 4.76. The van der Waals surface area contributed by atoms with Gasteiger partial charge in [0.25, 0.3) is 5.91 Å². The lowest BCUT2D eigenvalue weighted by Gasteiger charge is -2.23. The molecule has 0 fully saturated rings. The van der Waals surface area contributed by atoms with Crippen LogP contribution in [0.3, 0.4) is 0 Å². The van der Waals surface area contributed by atoms with Gasteiger partial charge in [-0.1, -0.05) is 0 Å². The number of hydrogen-bond acceptors (Lipinski definition) is 4. The van der Waals surface area contributed by atoms with E-state index >= 15 is 0 Å². The third-order valence-corrected chi connectivity index (χ3v) is 1.43. The minimum absolute atomic E-state index is 0.0789. The second kappa shape index (κ2) is 3.90. The molecule has 0 radical (unpaired) electrons. The lowest BCUT2D eigenvalue weighted by Crippen LogP contribution is -2.38. The smallest absolute Gasteiger partial charge is 0.325 e. The maximum atomic E-state index is 11.1. The number of ether oxygens (including phenoxy) is 1. The number of carboxylic acids is 1. The standard InChI is InChI=1S/C7H9NO5/c1-12-5-2-6(9)8(13-4-5)3-7(10)11/h2H,3-4H2,1H3,(H,10,11). The summed E-state index contributed by atoms with van der Waals surface area (Å²) in [7, 11) is 1.41. The van der Waals surface area contributed by atoms with Crippen molar-refractivity contribution in [2.24, 2.45) is 0 Å². The topological polar surface area (TPSA) is 76.1 Å². The van der Waals surface area contributed by atoms with E-state index in [1.807, 2.05) is 0 Å². The van der Waals surface area contributed by atoms with Crippen molar-refractivity contribution in [3.05, 3.63) is 11.8 Å². The zero-order chi connectivity index (χ0) is 9.84. The Labute approximate surface area is 74.3 Å². The summed E-state index contributed by atoms with van der Waals surface area (Å²) in [5, 5.41) is 9.15. The van der Waals surface area contributed by atoms with Crippen LogP contribution in [0.5, 0.6) is 0 Å². The summed E-state index contributed by atoms with van der Waals surface area (Å²) in [6, 6.07) is 0. The minimum Gasteiger partial charge on any atom is -0.498 e. The van der Waals surface area contributed by atoms with Gasteiger partial charge >= 0.3 is 5.97 Å². The van der Waals surface area contributed by atoms with Gasteiger partial charge in [0.2, 0.25) is 0 Å². The summed E-state index contributed by atoms with van der Waals surface area (Å²) >= 11 is 0. The zero-order valence-corrected chi connectivity index (χ0v) is 7.02. The second-order valence-corrected chi connectivity index (χ2v) is 2.36. The van der Waals surface area contributed by atoms with Crippen molar-refractivity contribution in [1.82, 2.24) is 5.06 Å². The third-order valence-electron chi connectivity index (χ3n) is 1.43. The van der Waals surface area contributed by atoms with E-state index in [1.54, 1.807) is 0 Å². The summed E-state index contributed by atoms with van der Waals surface area (Å²) in [5.74, 6) is -1.26. The van der Waals surface area contributed by atoms with E-state index in [2.05, 4.69) is 0 Å². The predicted molar refractivity (Wildman–Crippen MR) is 40.4 cm³/mol. The van der Waals surface area contributed by atoms with E-state index in [4.69, 9.17) is 14.7 Å². The number of hydroxylamine groups is 2. The van der Waals surface area contributed by atoms with Gasteiger partial charge in [-0.05, 0) is 0 Å². The van der Waals surface area contributed by atoms with Crippen LogP contribution in [0.15, 0.2) is 11.8 Å². The summed E-state index contributed by atoms with van der Waals surface area (Å²) in [6.07, 6.45) is 1.20. The first-order valence-corrected chi connectivity index (χ1v) is 3.54. The van der Waals surface area contributed by atoms with E-state index in [0.29, 0.717) is 5.76 Å². The van der Waals surface area contributed by atoms with Crippen LogP contribution in [0.4, 0.5) is 0 Å². The second-order valence-electron chi connectivity index (χ2n) is 2.36. The van der Waals surface area contributed by atoms with E-state index < -0.39 is 18.4 Å². The molecular formula is C7H9NO5. The van der Waals surface area contributed by atoms with Crippen molar-refractivity contribution < 1.29 is 24.3 Å². The van der Waals surface area contributed by atoms with Crippen LogP contribution < -0.4 is 0 Å². The van der Waals surface area contributed by atoms with Crippen molar-refractivity contribution in [1.29, 1.82) is 0 Å². The Morgan fingerprint density at radius 3 is 3.00 bits per heavy atom. The minimum atomic E-state index is -1.12. The van der Waals surface area contributed by atoms with E-state index in [9.17, 15) is 9.59 Å². The summed E-state index contributed by atoms with van der Waals surface area (Å²) in [5.41, 5.74) is 0. The number of amides is 1. The average molecular weight is 187 g/mol. The summed E-state index contributed by atoms with van der Waals surface area (Å²) in [4.78, 5) is 26.1. The van der Waals surface area contributed by atoms with Crippen LogP contribution in [-0.2, 0) is 19.2 Å². The van der Waals surface area contributed by atoms with Crippen LogP contribution in [0.1, 0.15) is 0 Å². The normalized spacial score (nSPS) is 16.8. The molecule has 0 saturated carbocycles. The zero-order valence-electron chi connectivity index (χ0n) is 7.02. The number of aliphatic carboxylic acids is 1. The molecule has 0 aromatic rings. The SMILES string of the molecule is COC1=CC(=O)N(CC(=O)O)OC1. The number of carbonyl (C=O) groups excluding carboxylic acids is 1. The Balaban J connectivity index is 2.59. The monoisotopic (exact) mass is 187 g/mol. The first kappa shape index (κ1) is 9.53. The Hall–Kier alpha value is -1.56. The van der Waals surface area contributed by atoms with Gasteiger partial charge in [-0.2, -0.15) is 0 Å². The molecule has 1 aliphatic rings. The highest BCUT2D eigenvalue weighted by Crippen LogP contribution is 2.07. The van der Waals surface area contributed by atoms with Gasteiger partial charge in [-0.25, -0.2) is 5.06 Å². The molecular weight excluding hydrogens is 178 g/mol. The molecule has 1 aliphatic heterocycles. The molecule has 0 aromatic heterocycles. The molecule has 1 amide bonds. The molecule has 0 unspecified atom stereocenters. The van der Waals surface area contributed by atoms with Crippen LogP contribution in [0, 0.1) is 0 Å².